The van der Waals surface area contributed by atoms with Crippen LogP contribution in [0.2, 0.25) is 5.02 Å². The number of rotatable bonds is 5. The van der Waals surface area contributed by atoms with Crippen molar-refractivity contribution in [3.05, 3.63) is 78.0 Å². The van der Waals surface area contributed by atoms with Gasteiger partial charge in [-0.05, 0) is 36.4 Å². The van der Waals surface area contributed by atoms with Crippen molar-refractivity contribution in [3.63, 3.8) is 0 Å². The fourth-order valence-electron chi connectivity index (χ4n) is 2.28. The Morgan fingerprint density at radius 2 is 1.96 bits per heavy atom. The molecule has 4 heterocycles. The second-order valence-corrected chi connectivity index (χ2v) is 6.92. The van der Waals surface area contributed by atoms with E-state index in [9.17, 15) is 0 Å². The molecule has 132 valence electrons. The lowest BCUT2D eigenvalue weighted by Gasteiger charge is -2.00. The van der Waals surface area contributed by atoms with Crippen LogP contribution in [0.15, 0.2) is 72.4 Å². The quantitative estimate of drug-likeness (QED) is 0.391. The predicted octanol–water partition coefficient (Wildman–Crippen LogP) is 4.76. The van der Waals surface area contributed by atoms with Gasteiger partial charge in [0.1, 0.15) is 10.8 Å². The lowest BCUT2D eigenvalue weighted by Crippen LogP contribution is -1.95. The Labute approximate surface area is 164 Å². The summed E-state index contributed by atoms with van der Waals surface area (Å²) in [6.07, 6.45) is 8.57. The van der Waals surface area contributed by atoms with Crippen LogP contribution in [0.5, 0.6) is 0 Å². The van der Waals surface area contributed by atoms with Crippen molar-refractivity contribution in [2.45, 2.75) is 0 Å². The van der Waals surface area contributed by atoms with Crippen LogP contribution in [0.4, 0.5) is 5.82 Å². The first-order valence-corrected chi connectivity index (χ1v) is 9.22. The van der Waals surface area contributed by atoms with E-state index in [-0.39, 0.29) is 0 Å². The van der Waals surface area contributed by atoms with Crippen molar-refractivity contribution in [2.75, 3.05) is 5.43 Å². The monoisotopic (exact) mass is 392 g/mol. The van der Waals surface area contributed by atoms with E-state index in [0.29, 0.717) is 10.8 Å². The van der Waals surface area contributed by atoms with Crippen LogP contribution >= 0.6 is 22.9 Å². The predicted molar refractivity (Wildman–Crippen MR) is 109 cm³/mol. The summed E-state index contributed by atoms with van der Waals surface area (Å²) in [5.41, 5.74) is 5.41. The second kappa shape index (κ2) is 8.03. The maximum Gasteiger partial charge on any atom is 0.146 e. The first kappa shape index (κ1) is 17.3. The number of nitrogens with one attached hydrogen (secondary N) is 1. The van der Waals surface area contributed by atoms with Crippen LogP contribution in [0.1, 0.15) is 5.69 Å². The summed E-state index contributed by atoms with van der Waals surface area (Å²) in [5.74, 6) is 0.607. The molecule has 0 aromatic carbocycles. The maximum absolute atomic E-state index is 5.81. The van der Waals surface area contributed by atoms with E-state index in [2.05, 4.69) is 30.5 Å². The van der Waals surface area contributed by atoms with Crippen molar-refractivity contribution < 1.29 is 0 Å². The van der Waals surface area contributed by atoms with E-state index < -0.39 is 0 Å². The summed E-state index contributed by atoms with van der Waals surface area (Å²) < 4.78 is 0. The van der Waals surface area contributed by atoms with Crippen molar-refractivity contribution >= 4 is 35.0 Å². The Bertz CT molecular complexity index is 1060. The third-order valence-electron chi connectivity index (χ3n) is 3.54. The molecule has 0 amide bonds. The molecule has 0 radical (unpaired) electrons. The number of anilines is 1. The number of nitrogens with zero attached hydrogens (tertiary/aromatic N) is 5. The minimum absolute atomic E-state index is 0.578. The molecular formula is C19H13ClN6S. The molecule has 0 unspecified atom stereocenters. The molecule has 0 saturated carbocycles. The topological polar surface area (TPSA) is 76.0 Å². The van der Waals surface area contributed by atoms with Gasteiger partial charge < -0.3 is 0 Å². The summed E-state index contributed by atoms with van der Waals surface area (Å²) in [6.45, 7) is 0. The normalized spacial score (nSPS) is 11.0. The molecule has 1 N–H and O–H groups in total. The Kier molecular flexibility index (Phi) is 5.13. The van der Waals surface area contributed by atoms with Gasteiger partial charge in [-0.1, -0.05) is 17.7 Å². The molecule has 0 fully saturated rings. The summed E-state index contributed by atoms with van der Waals surface area (Å²) in [4.78, 5) is 18.3. The van der Waals surface area contributed by atoms with Crippen LogP contribution in [-0.4, -0.2) is 26.2 Å². The first-order valence-electron chi connectivity index (χ1n) is 8.02. The van der Waals surface area contributed by atoms with Crippen LogP contribution in [-0.2, 0) is 0 Å². The number of halogens is 1. The average Bonchev–Trinajstić information content (AvgIpc) is 3.21. The number of thiazole rings is 1. The molecule has 4 rings (SSSR count). The molecule has 0 saturated heterocycles. The van der Waals surface area contributed by atoms with E-state index in [1.54, 1.807) is 48.3 Å². The molecule has 0 atom stereocenters. The van der Waals surface area contributed by atoms with Gasteiger partial charge in [-0.15, -0.1) is 11.3 Å². The lowest BCUT2D eigenvalue weighted by atomic mass is 10.3. The van der Waals surface area contributed by atoms with Gasteiger partial charge in [-0.2, -0.15) is 5.10 Å². The SMILES string of the molecule is Clc1ccc(N/N=C/c2cccc(-c3cnc(-c4cccnc4)s3)n2)nc1. The number of hydrazone groups is 1. The first-order chi connectivity index (χ1) is 13.3. The molecule has 27 heavy (non-hydrogen) atoms. The largest absolute Gasteiger partial charge is 0.264 e. The molecule has 0 spiro atoms. The molecule has 8 heteroatoms. The number of aromatic nitrogens is 4. The van der Waals surface area contributed by atoms with Gasteiger partial charge in [0.05, 0.1) is 27.5 Å². The van der Waals surface area contributed by atoms with Crippen molar-refractivity contribution in [1.82, 2.24) is 19.9 Å². The standard InChI is InChI=1S/C19H13ClN6S/c20-14-6-7-18(22-10-14)26-24-11-15-4-1-5-16(25-15)17-12-23-19(27-17)13-3-2-8-21-9-13/h1-12H,(H,22,26)/b24-11+. The highest BCUT2D eigenvalue weighted by Gasteiger charge is 2.08. The van der Waals surface area contributed by atoms with E-state index in [1.165, 1.54) is 0 Å². The molecule has 0 bridgehead atoms. The van der Waals surface area contributed by atoms with Gasteiger partial charge in [0.2, 0.25) is 0 Å². The van der Waals surface area contributed by atoms with Gasteiger partial charge in [0.25, 0.3) is 0 Å². The lowest BCUT2D eigenvalue weighted by molar-refractivity contribution is 1.22. The highest BCUT2D eigenvalue weighted by Crippen LogP contribution is 2.30. The third-order valence-corrected chi connectivity index (χ3v) is 4.83. The number of hydrogen-bond donors (Lipinski definition) is 1. The molecule has 4 aromatic heterocycles. The van der Waals surface area contributed by atoms with Gasteiger partial charge in [-0.3, -0.25) is 10.4 Å². The molecular weight excluding hydrogens is 380 g/mol. The van der Waals surface area contributed by atoms with Crippen LogP contribution in [0.25, 0.3) is 21.1 Å². The molecule has 6 nitrogen and oxygen atoms in total. The summed E-state index contributed by atoms with van der Waals surface area (Å²) in [6, 6.07) is 13.2. The van der Waals surface area contributed by atoms with Crippen LogP contribution in [0.3, 0.4) is 0 Å². The minimum Gasteiger partial charge on any atom is -0.264 e. The number of hydrogen-bond acceptors (Lipinski definition) is 7. The van der Waals surface area contributed by atoms with Gasteiger partial charge in [0, 0.05) is 30.4 Å². The fourth-order valence-corrected chi connectivity index (χ4v) is 3.27. The van der Waals surface area contributed by atoms with E-state index in [0.717, 1.165) is 26.8 Å². The smallest absolute Gasteiger partial charge is 0.146 e. The van der Waals surface area contributed by atoms with Gasteiger partial charge in [0.15, 0.2) is 0 Å². The Morgan fingerprint density at radius 1 is 1.00 bits per heavy atom. The van der Waals surface area contributed by atoms with Crippen molar-refractivity contribution in [3.8, 4) is 21.1 Å². The van der Waals surface area contributed by atoms with E-state index in [4.69, 9.17) is 11.6 Å². The third kappa shape index (κ3) is 4.33. The zero-order valence-electron chi connectivity index (χ0n) is 14.0. The zero-order valence-corrected chi connectivity index (χ0v) is 15.5. The highest BCUT2D eigenvalue weighted by molar-refractivity contribution is 7.18. The van der Waals surface area contributed by atoms with E-state index >= 15 is 0 Å². The fraction of sp³-hybridized carbons (Fsp3) is 0. The van der Waals surface area contributed by atoms with Gasteiger partial charge in [-0.25, -0.2) is 15.0 Å². The Hall–Kier alpha value is -3.16. The minimum atomic E-state index is 0.578. The molecule has 0 aliphatic rings. The molecule has 0 aliphatic heterocycles. The van der Waals surface area contributed by atoms with Gasteiger partial charge >= 0.3 is 0 Å². The zero-order chi connectivity index (χ0) is 18.5. The number of pyridine rings is 3. The van der Waals surface area contributed by atoms with Crippen molar-refractivity contribution in [2.24, 2.45) is 5.10 Å². The van der Waals surface area contributed by atoms with Crippen LogP contribution in [0, 0.1) is 0 Å². The molecule has 4 aromatic rings. The summed E-state index contributed by atoms with van der Waals surface area (Å²) in [5, 5.41) is 5.65. The average molecular weight is 393 g/mol. The molecule has 0 aliphatic carbocycles. The Balaban J connectivity index is 1.50. The summed E-state index contributed by atoms with van der Waals surface area (Å²) >= 11 is 7.39. The maximum atomic E-state index is 5.81. The Morgan fingerprint density at radius 3 is 2.78 bits per heavy atom. The van der Waals surface area contributed by atoms with Crippen molar-refractivity contribution in [1.29, 1.82) is 0 Å². The summed E-state index contributed by atoms with van der Waals surface area (Å²) in [7, 11) is 0. The second-order valence-electron chi connectivity index (χ2n) is 5.45. The van der Waals surface area contributed by atoms with Crippen LogP contribution < -0.4 is 5.43 Å². The van der Waals surface area contributed by atoms with E-state index in [1.807, 2.05) is 36.5 Å². The highest BCUT2D eigenvalue weighted by atomic mass is 35.5.